The molecule has 11 heteroatoms. The van der Waals surface area contributed by atoms with Gasteiger partial charge in [-0.05, 0) is 49.1 Å². The number of hydrogen-bond donors (Lipinski definition) is 1. The maximum absolute atomic E-state index is 13.2. The van der Waals surface area contributed by atoms with Crippen LogP contribution >= 0.6 is 0 Å². The highest BCUT2D eigenvalue weighted by molar-refractivity contribution is 7.92. The third-order valence-electron chi connectivity index (χ3n) is 6.57. The first-order valence-corrected chi connectivity index (χ1v) is 13.8. The fourth-order valence-corrected chi connectivity index (χ4v) is 6.04. The van der Waals surface area contributed by atoms with Gasteiger partial charge in [0.2, 0.25) is 0 Å². The Bertz CT molecular complexity index is 1220. The number of alkyl halides is 3. The smallest absolute Gasteiger partial charge is 0.416 e. The number of esters is 1. The van der Waals surface area contributed by atoms with Crippen LogP contribution in [0, 0.1) is 5.92 Å². The Morgan fingerprint density at radius 3 is 2.35 bits per heavy atom. The predicted molar refractivity (Wildman–Crippen MR) is 131 cm³/mol. The SMILES string of the molecule is CCCC1(CCC)CC(=O)C(C(CC)c2cccc(NS(=O)(=O)c3cc(C(F)(F)F)ccn3)c2)C(=O)O1. The summed E-state index contributed by atoms with van der Waals surface area (Å²) in [6.45, 7) is 5.75. The van der Waals surface area contributed by atoms with E-state index in [2.05, 4.69) is 9.71 Å². The molecule has 2 unspecified atom stereocenters. The summed E-state index contributed by atoms with van der Waals surface area (Å²) in [4.78, 5) is 29.9. The molecule has 1 aliphatic rings. The fraction of sp³-hybridized carbons (Fsp3) is 0.500. The van der Waals surface area contributed by atoms with Gasteiger partial charge in [-0.3, -0.25) is 14.3 Å². The number of hydrogen-bond acceptors (Lipinski definition) is 6. The Morgan fingerprint density at radius 2 is 1.78 bits per heavy atom. The molecule has 1 saturated heterocycles. The van der Waals surface area contributed by atoms with E-state index < -0.39 is 50.2 Å². The van der Waals surface area contributed by atoms with Gasteiger partial charge >= 0.3 is 12.1 Å². The number of sulfonamides is 1. The lowest BCUT2D eigenvalue weighted by Crippen LogP contribution is -2.49. The Hall–Kier alpha value is -2.95. The molecule has 0 saturated carbocycles. The van der Waals surface area contributed by atoms with E-state index in [-0.39, 0.29) is 17.9 Å². The Morgan fingerprint density at radius 1 is 1.11 bits per heavy atom. The molecule has 1 fully saturated rings. The molecule has 2 aromatic rings. The number of carbonyl (C=O) groups is 2. The number of ketones is 1. The van der Waals surface area contributed by atoms with Crippen LogP contribution in [-0.4, -0.2) is 30.8 Å². The zero-order valence-corrected chi connectivity index (χ0v) is 21.8. The average molecular weight is 541 g/mol. The molecular formula is C26H31F3N2O5S. The van der Waals surface area contributed by atoms with Gasteiger partial charge in [-0.15, -0.1) is 0 Å². The van der Waals surface area contributed by atoms with Gasteiger partial charge in [-0.2, -0.15) is 21.6 Å². The van der Waals surface area contributed by atoms with Crippen LogP contribution in [0.5, 0.6) is 0 Å². The van der Waals surface area contributed by atoms with E-state index in [1.54, 1.807) is 12.1 Å². The van der Waals surface area contributed by atoms with Crippen LogP contribution in [0.2, 0.25) is 0 Å². The molecule has 1 aliphatic heterocycles. The third-order valence-corrected chi connectivity index (χ3v) is 7.85. The van der Waals surface area contributed by atoms with Crippen LogP contribution in [-0.2, 0) is 30.5 Å². The van der Waals surface area contributed by atoms with Crippen molar-refractivity contribution in [2.75, 3.05) is 4.72 Å². The minimum Gasteiger partial charge on any atom is -0.458 e. The predicted octanol–water partition coefficient (Wildman–Crippen LogP) is 5.87. The summed E-state index contributed by atoms with van der Waals surface area (Å²) in [7, 11) is -4.44. The van der Waals surface area contributed by atoms with Gasteiger partial charge in [0.05, 0.1) is 5.56 Å². The van der Waals surface area contributed by atoms with Gasteiger partial charge in [0, 0.05) is 24.2 Å². The highest BCUT2D eigenvalue weighted by Gasteiger charge is 2.48. The van der Waals surface area contributed by atoms with Gasteiger partial charge in [-0.1, -0.05) is 45.7 Å². The zero-order chi connectivity index (χ0) is 27.4. The first-order chi connectivity index (χ1) is 17.4. The number of nitrogens with zero attached hydrogens (tertiary/aromatic N) is 1. The molecule has 1 aromatic carbocycles. The van der Waals surface area contributed by atoms with Crippen LogP contribution in [0.1, 0.15) is 76.3 Å². The van der Waals surface area contributed by atoms with Gasteiger partial charge in [-0.25, -0.2) is 4.98 Å². The second kappa shape index (κ2) is 11.2. The monoisotopic (exact) mass is 540 g/mol. The molecule has 0 bridgehead atoms. The summed E-state index contributed by atoms with van der Waals surface area (Å²) >= 11 is 0. The first kappa shape index (κ1) is 28.6. The standard InChI is InChI=1S/C26H31F3N2O5S/c1-4-11-25(12-5-2)16-21(32)23(24(33)36-25)20(6-3)17-8-7-9-19(14-17)31-37(34,35)22-15-18(10-13-30-22)26(27,28)29/h7-10,13-15,20,23,31H,4-6,11-12,16H2,1-3H3. The van der Waals surface area contributed by atoms with Crippen molar-refractivity contribution in [3.63, 3.8) is 0 Å². The minimum absolute atomic E-state index is 0.0677. The van der Waals surface area contributed by atoms with Crippen LogP contribution in [0.25, 0.3) is 0 Å². The Labute approximate surface area is 214 Å². The zero-order valence-electron chi connectivity index (χ0n) is 21.0. The molecular weight excluding hydrogens is 509 g/mol. The molecule has 0 aliphatic carbocycles. The molecule has 0 radical (unpaired) electrons. The summed E-state index contributed by atoms with van der Waals surface area (Å²) in [5.41, 5.74) is -1.33. The van der Waals surface area contributed by atoms with E-state index in [0.29, 0.717) is 37.0 Å². The highest BCUT2D eigenvalue weighted by Crippen LogP contribution is 2.41. The van der Waals surface area contributed by atoms with E-state index in [0.717, 1.165) is 19.0 Å². The molecule has 1 N–H and O–H groups in total. The van der Waals surface area contributed by atoms with Crippen LogP contribution in [0.15, 0.2) is 47.6 Å². The number of anilines is 1. The summed E-state index contributed by atoms with van der Waals surface area (Å²) in [5, 5.41) is -0.783. The lowest BCUT2D eigenvalue weighted by Gasteiger charge is -2.40. The van der Waals surface area contributed by atoms with Crippen LogP contribution in [0.3, 0.4) is 0 Å². The molecule has 2 heterocycles. The number of halogens is 3. The number of benzene rings is 1. The van der Waals surface area contributed by atoms with E-state index in [1.807, 2.05) is 20.8 Å². The molecule has 0 spiro atoms. The average Bonchev–Trinajstić information content (AvgIpc) is 2.81. The number of Topliss-reactive ketones (excluding diaryl/α,β-unsaturated/α-hetero) is 1. The first-order valence-electron chi connectivity index (χ1n) is 12.3. The Balaban J connectivity index is 1.87. The molecule has 3 rings (SSSR count). The Kier molecular flexibility index (Phi) is 8.66. The summed E-state index contributed by atoms with van der Waals surface area (Å²) in [5.74, 6) is -2.37. The van der Waals surface area contributed by atoms with E-state index >= 15 is 0 Å². The van der Waals surface area contributed by atoms with E-state index in [9.17, 15) is 31.2 Å². The van der Waals surface area contributed by atoms with Crippen molar-refractivity contribution < 1.29 is 35.9 Å². The van der Waals surface area contributed by atoms with Gasteiger partial charge in [0.15, 0.2) is 10.8 Å². The van der Waals surface area contributed by atoms with Crippen molar-refractivity contribution in [3.05, 3.63) is 53.7 Å². The van der Waals surface area contributed by atoms with Crippen molar-refractivity contribution in [2.45, 2.75) is 82.0 Å². The summed E-state index contributed by atoms with van der Waals surface area (Å²) in [6.07, 6.45) is -0.671. The second-order valence-electron chi connectivity index (χ2n) is 9.35. The molecule has 2 atom stereocenters. The number of rotatable bonds is 10. The number of nitrogens with one attached hydrogen (secondary N) is 1. The van der Waals surface area contributed by atoms with E-state index in [1.165, 1.54) is 12.1 Å². The number of cyclic esters (lactones) is 1. The van der Waals surface area contributed by atoms with Gasteiger partial charge in [0.1, 0.15) is 11.5 Å². The lowest BCUT2D eigenvalue weighted by molar-refractivity contribution is -0.180. The van der Waals surface area contributed by atoms with Crippen molar-refractivity contribution in [1.29, 1.82) is 0 Å². The highest BCUT2D eigenvalue weighted by atomic mass is 32.2. The summed E-state index contributed by atoms with van der Waals surface area (Å²) < 4.78 is 72.7. The minimum atomic E-state index is -4.73. The molecule has 202 valence electrons. The molecule has 7 nitrogen and oxygen atoms in total. The molecule has 37 heavy (non-hydrogen) atoms. The fourth-order valence-electron chi connectivity index (χ4n) is 5.01. The lowest BCUT2D eigenvalue weighted by atomic mass is 9.74. The largest absolute Gasteiger partial charge is 0.458 e. The maximum Gasteiger partial charge on any atom is 0.416 e. The third kappa shape index (κ3) is 6.49. The van der Waals surface area contributed by atoms with Gasteiger partial charge < -0.3 is 4.74 Å². The maximum atomic E-state index is 13.2. The van der Waals surface area contributed by atoms with Crippen molar-refractivity contribution in [2.24, 2.45) is 5.92 Å². The van der Waals surface area contributed by atoms with Crippen LogP contribution in [0.4, 0.5) is 18.9 Å². The summed E-state index contributed by atoms with van der Waals surface area (Å²) in [6, 6.07) is 7.26. The van der Waals surface area contributed by atoms with Crippen molar-refractivity contribution in [3.8, 4) is 0 Å². The second-order valence-corrected chi connectivity index (χ2v) is 11.0. The number of carbonyl (C=O) groups excluding carboxylic acids is 2. The van der Waals surface area contributed by atoms with Crippen LogP contribution < -0.4 is 4.72 Å². The van der Waals surface area contributed by atoms with Crippen molar-refractivity contribution >= 4 is 27.5 Å². The van der Waals surface area contributed by atoms with E-state index in [4.69, 9.17) is 4.74 Å². The van der Waals surface area contributed by atoms with Gasteiger partial charge in [0.25, 0.3) is 10.0 Å². The molecule has 1 aromatic heterocycles. The van der Waals surface area contributed by atoms with Crippen molar-refractivity contribution in [1.82, 2.24) is 4.98 Å². The molecule has 0 amide bonds. The number of ether oxygens (including phenoxy) is 1. The number of pyridine rings is 1. The quantitative estimate of drug-likeness (QED) is 0.299. The topological polar surface area (TPSA) is 102 Å². The normalized spacial score (nSPS) is 18.8. The number of aromatic nitrogens is 1.